The second-order valence-corrected chi connectivity index (χ2v) is 17.3. The molecule has 0 aromatic carbocycles. The quantitative estimate of drug-likeness (QED) is 0.0349. The van der Waals surface area contributed by atoms with Crippen LogP contribution in [-0.4, -0.2) is 193 Å². The van der Waals surface area contributed by atoms with Gasteiger partial charge < -0.3 is 76.8 Å². The number of halogens is 4. The minimum absolute atomic E-state index is 0.0179. The number of nitrogens with one attached hydrogen (secondary N) is 7. The van der Waals surface area contributed by atoms with Gasteiger partial charge in [0.2, 0.25) is 53.8 Å². The van der Waals surface area contributed by atoms with Gasteiger partial charge in [0.25, 0.3) is 0 Å². The number of alkyl halides is 4. The number of anilines is 2. The number of hydrogen-bond donors (Lipinski definition) is 11. The zero-order chi connectivity index (χ0) is 55.1. The molecule has 0 aliphatic carbocycles. The second kappa shape index (κ2) is 26.1. The van der Waals surface area contributed by atoms with Gasteiger partial charge >= 0.3 is 29.3 Å². The van der Waals surface area contributed by atoms with E-state index >= 15 is 0 Å². The smallest absolute Gasteiger partial charge is 0.407 e. The Kier molecular flexibility index (Phi) is 21.0. The van der Waals surface area contributed by atoms with Crippen molar-refractivity contribution in [3.8, 4) is 0 Å². The van der Waals surface area contributed by atoms with Crippen LogP contribution in [0.1, 0.15) is 58.9 Å². The normalized spacial score (nSPS) is 20.6. The topological polar surface area (TPSA) is 402 Å². The zero-order valence-electron chi connectivity index (χ0n) is 39.8. The number of rotatable bonds is 24. The molecule has 74 heavy (non-hydrogen) atoms. The predicted octanol–water partition coefficient (Wildman–Crippen LogP) is -4.47. The van der Waals surface area contributed by atoms with Crippen molar-refractivity contribution in [2.24, 2.45) is 0 Å². The van der Waals surface area contributed by atoms with Crippen LogP contribution >= 0.6 is 0 Å². The van der Waals surface area contributed by atoms with Gasteiger partial charge in [0.1, 0.15) is 29.4 Å². The van der Waals surface area contributed by atoms with Gasteiger partial charge in [0, 0.05) is 51.3 Å². The van der Waals surface area contributed by atoms with Crippen LogP contribution in [0.25, 0.3) is 0 Å². The van der Waals surface area contributed by atoms with Crippen LogP contribution in [0.15, 0.2) is 34.1 Å². The number of carbonyl (C=O) groups excluding carboxylic acids is 8. The molecular formula is C41H56F4N12O17. The fourth-order valence-electron chi connectivity index (χ4n) is 6.69. The SMILES string of the molecule is CC(C)(C)OC(=O)NCCCC(=O)N(CCC(=O)NCC(=O)NCC(=O)Nc1ccn([C@@H]2O[C@H](CO)[C@@H](O)C2(F)F)c(=O)n1)CCC(=O)NCC(=O)NCC(=O)Nc1ccn([C@@H]2O[C@H](CO)[C@@H](O)C2(F)F)c(=O)n1. The number of aliphatic hydroxyl groups excluding tert-OH is 4. The molecule has 0 bridgehead atoms. The minimum atomic E-state index is -3.98. The van der Waals surface area contributed by atoms with Gasteiger partial charge in [-0.2, -0.15) is 27.5 Å². The fraction of sp³-hybridized carbons (Fsp3) is 0.610. The third kappa shape index (κ3) is 16.9. The number of aliphatic hydroxyl groups is 4. The predicted molar refractivity (Wildman–Crippen MR) is 239 cm³/mol. The summed E-state index contributed by atoms with van der Waals surface area (Å²) < 4.78 is 73.5. The van der Waals surface area contributed by atoms with E-state index in [2.05, 4.69) is 47.2 Å². The highest BCUT2D eigenvalue weighted by atomic mass is 19.3. The third-order valence-electron chi connectivity index (χ3n) is 10.4. The van der Waals surface area contributed by atoms with Gasteiger partial charge in [0.15, 0.2) is 12.2 Å². The molecule has 0 radical (unpaired) electrons. The lowest BCUT2D eigenvalue weighted by atomic mass is 10.1. The Labute approximate surface area is 415 Å². The van der Waals surface area contributed by atoms with E-state index in [1.165, 1.54) is 0 Å². The molecule has 0 spiro atoms. The second-order valence-electron chi connectivity index (χ2n) is 17.3. The summed E-state index contributed by atoms with van der Waals surface area (Å²) in [6.07, 6.45) is -12.8. The van der Waals surface area contributed by atoms with E-state index < -0.39 is 177 Å². The van der Waals surface area contributed by atoms with Crippen molar-refractivity contribution in [2.45, 2.75) is 101 Å². The molecule has 2 aliphatic rings. The average molecular weight is 1060 g/mol. The van der Waals surface area contributed by atoms with Gasteiger partial charge in [-0.1, -0.05) is 0 Å². The Morgan fingerprint density at radius 2 is 1.04 bits per heavy atom. The molecule has 11 N–H and O–H groups in total. The molecule has 6 atom stereocenters. The molecule has 0 saturated carbocycles. The summed E-state index contributed by atoms with van der Waals surface area (Å²) >= 11 is 0. The molecule has 29 nitrogen and oxygen atoms in total. The third-order valence-corrected chi connectivity index (χ3v) is 10.4. The van der Waals surface area contributed by atoms with Gasteiger partial charge in [-0.05, 0) is 39.3 Å². The van der Waals surface area contributed by atoms with Gasteiger partial charge in [-0.25, -0.2) is 14.4 Å². The van der Waals surface area contributed by atoms with Crippen molar-refractivity contribution in [1.82, 2.24) is 50.6 Å². The largest absolute Gasteiger partial charge is 0.444 e. The highest BCUT2D eigenvalue weighted by molar-refractivity contribution is 5.95. The maximum absolute atomic E-state index is 14.5. The maximum Gasteiger partial charge on any atom is 0.407 e. The summed E-state index contributed by atoms with van der Waals surface area (Å²) in [6.45, 7) is -0.244. The van der Waals surface area contributed by atoms with Crippen molar-refractivity contribution in [1.29, 1.82) is 0 Å². The first-order valence-electron chi connectivity index (χ1n) is 22.4. The molecule has 4 rings (SSSR count). The van der Waals surface area contributed by atoms with Crippen LogP contribution in [0.3, 0.4) is 0 Å². The molecule has 2 aromatic heterocycles. The summed E-state index contributed by atoms with van der Waals surface area (Å²) in [5, 5.41) is 53.5. The molecule has 33 heteroatoms. The van der Waals surface area contributed by atoms with Crippen LogP contribution in [0, 0.1) is 0 Å². The Bertz CT molecular complexity index is 2350. The van der Waals surface area contributed by atoms with Crippen molar-refractivity contribution in [3.05, 3.63) is 45.5 Å². The first-order chi connectivity index (χ1) is 34.7. The Morgan fingerprint density at radius 3 is 1.41 bits per heavy atom. The highest BCUT2D eigenvalue weighted by Gasteiger charge is 2.60. The van der Waals surface area contributed by atoms with E-state index in [0.717, 1.165) is 29.4 Å². The summed E-state index contributed by atoms with van der Waals surface area (Å²) in [5.41, 5.74) is -3.41. The van der Waals surface area contributed by atoms with Gasteiger partial charge in [-0.3, -0.25) is 42.7 Å². The zero-order valence-corrected chi connectivity index (χ0v) is 39.8. The summed E-state index contributed by atoms with van der Waals surface area (Å²) in [5.74, 6) is -14.4. The first-order valence-corrected chi connectivity index (χ1v) is 22.4. The van der Waals surface area contributed by atoms with E-state index in [1.54, 1.807) is 20.8 Å². The Hall–Kier alpha value is -7.20. The standard InChI is InChI=1S/C41H56F4N12O17/c1-39(2,3)74-38(71)46-10-4-5-31(66)55(11-8-25(60)47-15-27(62)49-17-29(64)51-23-6-13-56(36(69)53-23)34-40(42,43)32(67)21(19-58)72-34)12-9-26(61)48-16-28(63)50-18-30(65)52-24-7-14-57(37(70)54-24)35-41(44,45)33(68)22(20-59)73-35/h6-7,13-14,21-22,32-35,58-59,67-68H,4-5,8-12,15-20H2,1-3H3,(H,46,71)(H,47,60)(H,48,61)(H,49,62)(H,50,63)(H,51,53,64,69)(H,52,54,65,70)/t21-,22-,32-,33-,34-,35-/m1/s1. The van der Waals surface area contributed by atoms with Crippen LogP contribution in [0.4, 0.5) is 34.0 Å². The maximum atomic E-state index is 14.5. The van der Waals surface area contributed by atoms with E-state index in [-0.39, 0.29) is 32.5 Å². The van der Waals surface area contributed by atoms with E-state index in [9.17, 15) is 75.7 Å². The number of aromatic nitrogens is 4. The Balaban J connectivity index is 1.21. The summed E-state index contributed by atoms with van der Waals surface area (Å²) in [6, 6.07) is 1.91. The number of ether oxygens (including phenoxy) is 3. The van der Waals surface area contributed by atoms with Crippen LogP contribution in [0.5, 0.6) is 0 Å². The van der Waals surface area contributed by atoms with Crippen molar-refractivity contribution in [2.75, 3.05) is 69.7 Å². The van der Waals surface area contributed by atoms with Crippen LogP contribution in [-0.2, 0) is 47.8 Å². The van der Waals surface area contributed by atoms with Crippen molar-refractivity contribution in [3.63, 3.8) is 0 Å². The monoisotopic (exact) mass is 1060 g/mol. The number of amides is 8. The molecule has 410 valence electrons. The Morgan fingerprint density at radius 1 is 0.649 bits per heavy atom. The molecule has 2 fully saturated rings. The summed E-state index contributed by atoms with van der Waals surface area (Å²) in [4.78, 5) is 133. The number of nitrogens with zero attached hydrogens (tertiary/aromatic N) is 5. The molecule has 4 heterocycles. The van der Waals surface area contributed by atoms with Crippen molar-refractivity contribution >= 4 is 59.1 Å². The highest BCUT2D eigenvalue weighted by Crippen LogP contribution is 2.43. The molecular weight excluding hydrogens is 1010 g/mol. The molecule has 2 aromatic rings. The van der Waals surface area contributed by atoms with Gasteiger partial charge in [-0.15, -0.1) is 0 Å². The minimum Gasteiger partial charge on any atom is -0.444 e. The van der Waals surface area contributed by atoms with Crippen molar-refractivity contribution < 1.29 is 90.6 Å². The van der Waals surface area contributed by atoms with E-state index in [0.29, 0.717) is 9.13 Å². The lowest BCUT2D eigenvalue weighted by molar-refractivity contribution is -0.141. The lowest BCUT2D eigenvalue weighted by Crippen LogP contribution is -2.43. The van der Waals surface area contributed by atoms with Crippen LogP contribution < -0.4 is 48.6 Å². The molecule has 2 aliphatic heterocycles. The number of alkyl carbamates (subject to hydrolysis) is 1. The average Bonchev–Trinajstić information content (AvgIpc) is 3.70. The fourth-order valence-corrected chi connectivity index (χ4v) is 6.69. The first kappa shape index (κ1) is 59.4. The molecule has 2 saturated heterocycles. The number of carbonyl (C=O) groups is 8. The lowest BCUT2D eigenvalue weighted by Gasteiger charge is -2.23. The number of hydrogen-bond acceptors (Lipinski definition) is 19. The van der Waals surface area contributed by atoms with E-state index in [4.69, 9.17) is 24.4 Å². The molecule has 0 unspecified atom stereocenters. The molecule has 8 amide bonds. The summed E-state index contributed by atoms with van der Waals surface area (Å²) in [7, 11) is 0. The van der Waals surface area contributed by atoms with Crippen LogP contribution in [0.2, 0.25) is 0 Å². The van der Waals surface area contributed by atoms with Gasteiger partial charge in [0.05, 0.1) is 39.4 Å². The van der Waals surface area contributed by atoms with E-state index in [1.807, 2.05) is 0 Å².